The topological polar surface area (TPSA) is 80.8 Å². The van der Waals surface area contributed by atoms with Gasteiger partial charge in [0.1, 0.15) is 29.1 Å². The van der Waals surface area contributed by atoms with Gasteiger partial charge in [0.2, 0.25) is 0 Å². The summed E-state index contributed by atoms with van der Waals surface area (Å²) >= 11 is 13.0. The summed E-state index contributed by atoms with van der Waals surface area (Å²) in [7, 11) is 0. The van der Waals surface area contributed by atoms with Crippen molar-refractivity contribution in [2.45, 2.75) is 75.9 Å². The van der Waals surface area contributed by atoms with Crippen molar-refractivity contribution in [3.8, 4) is 10.4 Å². The lowest BCUT2D eigenvalue weighted by atomic mass is 10.0. The number of ether oxygens (including phenoxy) is 2. The van der Waals surface area contributed by atoms with Gasteiger partial charge in [-0.1, -0.05) is 47.5 Å². The Bertz CT molecular complexity index is 1060. The van der Waals surface area contributed by atoms with Gasteiger partial charge in [0, 0.05) is 6.20 Å². The first kappa shape index (κ1) is 27.6. The van der Waals surface area contributed by atoms with E-state index in [-0.39, 0.29) is 6.04 Å². The Morgan fingerprint density at radius 3 is 2.46 bits per heavy atom. The maximum absolute atomic E-state index is 14.0. The molecular weight excluding hydrogens is 516 g/mol. The van der Waals surface area contributed by atoms with Crippen molar-refractivity contribution in [3.63, 3.8) is 0 Å². The van der Waals surface area contributed by atoms with Crippen molar-refractivity contribution >= 4 is 46.5 Å². The van der Waals surface area contributed by atoms with E-state index in [0.29, 0.717) is 0 Å². The molecule has 0 spiro atoms. The highest BCUT2D eigenvalue weighted by molar-refractivity contribution is 7.15. The highest BCUT2D eigenvalue weighted by Crippen LogP contribution is 2.42. The van der Waals surface area contributed by atoms with E-state index in [9.17, 15) is 14.0 Å². The van der Waals surface area contributed by atoms with Gasteiger partial charge >= 0.3 is 6.09 Å². The molecular formula is C24H30Cl2FN3O4S. The molecule has 192 valence electrons. The van der Waals surface area contributed by atoms with Crippen molar-refractivity contribution in [2.75, 3.05) is 6.67 Å². The fourth-order valence-corrected chi connectivity index (χ4v) is 5.10. The van der Waals surface area contributed by atoms with Crippen LogP contribution in [0.2, 0.25) is 0 Å². The first-order valence-corrected chi connectivity index (χ1v) is 12.8. The number of carbonyl (C=O) groups is 2. The van der Waals surface area contributed by atoms with E-state index in [0.717, 1.165) is 21.0 Å². The molecule has 7 nitrogen and oxygen atoms in total. The molecule has 3 rings (SSSR count). The molecule has 1 aromatic carbocycles. The fraction of sp³-hybridized carbons (Fsp3) is 0.542. The molecule has 1 saturated heterocycles. The lowest BCUT2D eigenvalue weighted by Crippen LogP contribution is -2.50. The minimum absolute atomic E-state index is 0.321. The minimum atomic E-state index is -1.30. The first-order valence-electron chi connectivity index (χ1n) is 11.1. The molecule has 1 aliphatic rings. The molecule has 35 heavy (non-hydrogen) atoms. The second kappa shape index (κ2) is 10.6. The molecule has 1 aliphatic heterocycles. The first-order chi connectivity index (χ1) is 16.2. The van der Waals surface area contributed by atoms with Gasteiger partial charge in [0.15, 0.2) is 4.84 Å². The third kappa shape index (κ3) is 6.44. The van der Waals surface area contributed by atoms with E-state index >= 15 is 0 Å². The smallest absolute Gasteiger partial charge is 0.408 e. The van der Waals surface area contributed by atoms with Gasteiger partial charge in [-0.3, -0.25) is 4.79 Å². The Morgan fingerprint density at radius 1 is 1.29 bits per heavy atom. The molecule has 1 aromatic heterocycles. The standard InChI is InChI=1S/C24H30Cl2FN3O4S/c1-13(29-22(32)34-23(2,3)4)20-28-12-17(35-20)14-7-9-15(10-8-14)18-16(11-27)30(21(31)19(25)26)24(5,6)33-18/h7-10,12-13,16,18-19H,11H2,1-6H3,(H,29,32)/t13?,16-,18-/m1/s1. The summed E-state index contributed by atoms with van der Waals surface area (Å²) in [6.07, 6.45) is 0.564. The van der Waals surface area contributed by atoms with Crippen molar-refractivity contribution in [1.82, 2.24) is 15.2 Å². The zero-order valence-corrected chi connectivity index (χ0v) is 22.8. The van der Waals surface area contributed by atoms with Crippen LogP contribution in [-0.2, 0) is 14.3 Å². The Hall–Kier alpha value is -1.94. The van der Waals surface area contributed by atoms with Crippen molar-refractivity contribution < 1.29 is 23.5 Å². The largest absolute Gasteiger partial charge is 0.444 e. The molecule has 0 aliphatic carbocycles. The summed E-state index contributed by atoms with van der Waals surface area (Å²) in [4.78, 5) is 29.9. The Morgan fingerprint density at radius 2 is 1.91 bits per heavy atom. The lowest BCUT2D eigenvalue weighted by molar-refractivity contribution is -0.145. The Kier molecular flexibility index (Phi) is 8.36. The summed E-state index contributed by atoms with van der Waals surface area (Å²) in [5, 5.41) is 3.52. The summed E-state index contributed by atoms with van der Waals surface area (Å²) in [6.45, 7) is 9.81. The summed E-state index contributed by atoms with van der Waals surface area (Å²) < 4.78 is 25.4. The number of halogens is 3. The predicted molar refractivity (Wildman–Crippen MR) is 135 cm³/mol. The number of alkyl halides is 3. The van der Waals surface area contributed by atoms with E-state index in [4.69, 9.17) is 32.7 Å². The zero-order valence-electron chi connectivity index (χ0n) is 20.5. The van der Waals surface area contributed by atoms with Gasteiger partial charge in [-0.15, -0.1) is 11.3 Å². The van der Waals surface area contributed by atoms with Crippen LogP contribution in [0.3, 0.4) is 0 Å². The minimum Gasteiger partial charge on any atom is -0.444 e. The molecule has 2 amide bonds. The maximum atomic E-state index is 14.0. The number of hydrogen-bond acceptors (Lipinski definition) is 6. The van der Waals surface area contributed by atoms with Crippen LogP contribution in [-0.4, -0.2) is 50.8 Å². The molecule has 0 bridgehead atoms. The van der Waals surface area contributed by atoms with Gasteiger partial charge < -0.3 is 19.7 Å². The van der Waals surface area contributed by atoms with E-state index in [1.807, 2.05) is 31.2 Å². The molecule has 2 heterocycles. The average molecular weight is 546 g/mol. The Balaban J connectivity index is 1.75. The van der Waals surface area contributed by atoms with Crippen LogP contribution >= 0.6 is 34.5 Å². The summed E-state index contributed by atoms with van der Waals surface area (Å²) in [5.74, 6) is -0.591. The van der Waals surface area contributed by atoms with Gasteiger partial charge in [0.25, 0.3) is 5.91 Å². The van der Waals surface area contributed by atoms with Crippen LogP contribution in [0.5, 0.6) is 0 Å². The fourth-order valence-electron chi connectivity index (χ4n) is 3.96. The van der Waals surface area contributed by atoms with Crippen LogP contribution in [0.15, 0.2) is 30.5 Å². The Labute approximate surface area is 218 Å². The number of thiazole rings is 1. The number of hydrogen-bond donors (Lipinski definition) is 1. The molecule has 11 heteroatoms. The lowest BCUT2D eigenvalue weighted by Gasteiger charge is -2.33. The second-order valence-corrected chi connectivity index (χ2v) is 11.9. The number of rotatable bonds is 6. The van der Waals surface area contributed by atoms with Gasteiger partial charge in [-0.05, 0) is 52.7 Å². The summed E-state index contributed by atoms with van der Waals surface area (Å²) in [5.41, 5.74) is -0.0159. The molecule has 0 saturated carbocycles. The van der Waals surface area contributed by atoms with E-state index in [1.54, 1.807) is 40.8 Å². The highest BCUT2D eigenvalue weighted by atomic mass is 35.5. The van der Waals surface area contributed by atoms with Gasteiger partial charge in [0.05, 0.1) is 17.0 Å². The third-order valence-corrected chi connectivity index (χ3v) is 7.01. The van der Waals surface area contributed by atoms with Crippen LogP contribution in [0.25, 0.3) is 10.4 Å². The zero-order chi connectivity index (χ0) is 26.1. The molecule has 3 atom stereocenters. The number of carbonyl (C=O) groups excluding carboxylic acids is 2. The normalized spacial score (nSPS) is 20.7. The second-order valence-electron chi connectivity index (χ2n) is 9.77. The van der Waals surface area contributed by atoms with Crippen LogP contribution < -0.4 is 5.32 Å². The number of amides is 2. The van der Waals surface area contributed by atoms with E-state index in [1.165, 1.54) is 16.2 Å². The number of aromatic nitrogens is 1. The average Bonchev–Trinajstić information content (AvgIpc) is 3.34. The van der Waals surface area contributed by atoms with Crippen molar-refractivity contribution in [2.24, 2.45) is 0 Å². The number of nitrogens with zero attached hydrogens (tertiary/aromatic N) is 2. The molecule has 1 fully saturated rings. The number of alkyl carbamates (subject to hydrolysis) is 1. The van der Waals surface area contributed by atoms with Crippen LogP contribution in [0.1, 0.15) is 64.3 Å². The van der Waals surface area contributed by atoms with Crippen molar-refractivity contribution in [1.29, 1.82) is 0 Å². The predicted octanol–water partition coefficient (Wildman–Crippen LogP) is 6.17. The number of nitrogens with one attached hydrogen (secondary N) is 1. The highest BCUT2D eigenvalue weighted by Gasteiger charge is 2.51. The maximum Gasteiger partial charge on any atom is 0.408 e. The molecule has 1 unspecified atom stereocenters. The monoisotopic (exact) mass is 545 g/mol. The quantitative estimate of drug-likeness (QED) is 0.438. The van der Waals surface area contributed by atoms with Crippen LogP contribution in [0, 0.1) is 0 Å². The van der Waals surface area contributed by atoms with Crippen LogP contribution in [0.4, 0.5) is 9.18 Å². The van der Waals surface area contributed by atoms with E-state index < -0.39 is 47.0 Å². The summed E-state index contributed by atoms with van der Waals surface area (Å²) in [6, 6.07) is 6.29. The van der Waals surface area contributed by atoms with E-state index in [2.05, 4.69) is 10.3 Å². The molecule has 0 radical (unpaired) electrons. The number of benzene rings is 1. The molecule has 2 aromatic rings. The van der Waals surface area contributed by atoms with Gasteiger partial charge in [-0.25, -0.2) is 14.2 Å². The van der Waals surface area contributed by atoms with Gasteiger partial charge in [-0.2, -0.15) is 0 Å². The SMILES string of the molecule is CC(NC(=O)OC(C)(C)C)c1ncc(-c2ccc([C@H]3OC(C)(C)N(C(=O)C(Cl)Cl)[C@@H]3CF)cc2)s1. The molecule has 1 N–H and O–H groups in total. The van der Waals surface area contributed by atoms with Crippen molar-refractivity contribution in [3.05, 3.63) is 41.0 Å². The third-order valence-electron chi connectivity index (χ3n) is 5.41.